The number of aliphatic hydroxyl groups is 1. The monoisotopic (exact) mass is 214 g/mol. The zero-order valence-corrected chi connectivity index (χ0v) is 9.66. The molecule has 0 aromatic carbocycles. The third-order valence-electron chi connectivity index (χ3n) is 1.92. The van der Waals surface area contributed by atoms with Gasteiger partial charge in [-0.3, -0.25) is 9.59 Å². The molecule has 86 valence electrons. The van der Waals surface area contributed by atoms with Gasteiger partial charge in [-0.1, -0.05) is 13.8 Å². The number of Topliss-reactive ketones (excluding diaryl/α,β-unsaturated/α-hetero) is 1. The normalized spacial score (nSPS) is 12.3. The Bertz CT molecular complexity index is 276. The third kappa shape index (κ3) is 5.20. The molecule has 0 aliphatic carbocycles. The lowest BCUT2D eigenvalue weighted by atomic mass is 10.0. The molecular formula is C11H18O4. The van der Waals surface area contributed by atoms with Crippen LogP contribution in [-0.2, 0) is 14.3 Å². The van der Waals surface area contributed by atoms with Crippen LogP contribution in [0.15, 0.2) is 11.3 Å². The SMILES string of the molecule is COC(=O)C/C(C(C)=O)=C(/O)CC(C)C. The number of hydrogen-bond acceptors (Lipinski definition) is 4. The summed E-state index contributed by atoms with van der Waals surface area (Å²) in [6, 6.07) is 0. The summed E-state index contributed by atoms with van der Waals surface area (Å²) in [5.74, 6) is -0.589. The Balaban J connectivity index is 4.77. The molecule has 0 spiro atoms. The molecule has 0 heterocycles. The van der Waals surface area contributed by atoms with Gasteiger partial charge < -0.3 is 9.84 Å². The smallest absolute Gasteiger partial charge is 0.310 e. The van der Waals surface area contributed by atoms with Crippen molar-refractivity contribution >= 4 is 11.8 Å². The molecule has 0 aromatic heterocycles. The molecule has 0 amide bonds. The highest BCUT2D eigenvalue weighted by Crippen LogP contribution is 2.16. The van der Waals surface area contributed by atoms with E-state index in [1.54, 1.807) is 0 Å². The summed E-state index contributed by atoms with van der Waals surface area (Å²) in [5.41, 5.74) is 0.149. The van der Waals surface area contributed by atoms with E-state index in [1.807, 2.05) is 13.8 Å². The van der Waals surface area contributed by atoms with Crippen LogP contribution >= 0.6 is 0 Å². The summed E-state index contributed by atoms with van der Waals surface area (Å²) in [7, 11) is 1.25. The number of methoxy groups -OCH3 is 1. The van der Waals surface area contributed by atoms with Gasteiger partial charge in [0, 0.05) is 12.0 Å². The van der Waals surface area contributed by atoms with Crippen molar-refractivity contribution in [3.05, 3.63) is 11.3 Å². The molecule has 0 rings (SSSR count). The van der Waals surface area contributed by atoms with Crippen LogP contribution in [0, 0.1) is 5.92 Å². The Morgan fingerprint density at radius 3 is 2.20 bits per heavy atom. The molecule has 0 saturated heterocycles. The highest BCUT2D eigenvalue weighted by atomic mass is 16.5. The Kier molecular flexibility index (Phi) is 5.67. The number of rotatable bonds is 5. The average Bonchev–Trinajstić information content (AvgIpc) is 2.11. The minimum atomic E-state index is -0.518. The van der Waals surface area contributed by atoms with E-state index < -0.39 is 5.97 Å². The molecular weight excluding hydrogens is 196 g/mol. The Morgan fingerprint density at radius 2 is 1.87 bits per heavy atom. The predicted octanol–water partition coefficient (Wildman–Crippen LogP) is 2.00. The van der Waals surface area contributed by atoms with Crippen molar-refractivity contribution in [1.29, 1.82) is 0 Å². The maximum absolute atomic E-state index is 11.2. The molecule has 0 aliphatic rings. The zero-order chi connectivity index (χ0) is 12.0. The first-order chi connectivity index (χ1) is 6.88. The molecule has 0 unspecified atom stereocenters. The summed E-state index contributed by atoms with van der Waals surface area (Å²) < 4.78 is 4.45. The predicted molar refractivity (Wildman–Crippen MR) is 56.4 cm³/mol. The molecule has 0 radical (unpaired) electrons. The quantitative estimate of drug-likeness (QED) is 0.432. The van der Waals surface area contributed by atoms with Gasteiger partial charge in [0.2, 0.25) is 0 Å². The first-order valence-electron chi connectivity index (χ1n) is 4.87. The number of hydrogen-bond donors (Lipinski definition) is 1. The van der Waals surface area contributed by atoms with Crippen molar-refractivity contribution in [2.75, 3.05) is 7.11 Å². The fourth-order valence-corrected chi connectivity index (χ4v) is 1.16. The minimum Gasteiger partial charge on any atom is -0.512 e. The number of carbonyl (C=O) groups is 2. The first-order valence-corrected chi connectivity index (χ1v) is 4.87. The summed E-state index contributed by atoms with van der Waals surface area (Å²) in [6.45, 7) is 5.17. The summed E-state index contributed by atoms with van der Waals surface area (Å²) in [5, 5.41) is 9.65. The maximum Gasteiger partial charge on any atom is 0.310 e. The second kappa shape index (κ2) is 6.22. The van der Waals surface area contributed by atoms with Crippen molar-refractivity contribution in [1.82, 2.24) is 0 Å². The molecule has 0 bridgehead atoms. The Morgan fingerprint density at radius 1 is 1.33 bits per heavy atom. The molecule has 0 fully saturated rings. The van der Waals surface area contributed by atoms with Gasteiger partial charge in [0.1, 0.15) is 0 Å². The van der Waals surface area contributed by atoms with Gasteiger partial charge in [0.25, 0.3) is 0 Å². The lowest BCUT2D eigenvalue weighted by Crippen LogP contribution is -2.10. The van der Waals surface area contributed by atoms with Crippen LogP contribution in [0.5, 0.6) is 0 Å². The highest BCUT2D eigenvalue weighted by molar-refractivity contribution is 5.97. The summed E-state index contributed by atoms with van der Waals surface area (Å²) in [4.78, 5) is 22.2. The number of esters is 1. The summed E-state index contributed by atoms with van der Waals surface area (Å²) in [6.07, 6.45) is 0.232. The van der Waals surface area contributed by atoms with Gasteiger partial charge in [-0.15, -0.1) is 0 Å². The Labute approximate surface area is 89.9 Å². The lowest BCUT2D eigenvalue weighted by Gasteiger charge is -2.09. The zero-order valence-electron chi connectivity index (χ0n) is 9.66. The van der Waals surface area contributed by atoms with Gasteiger partial charge in [0.15, 0.2) is 5.78 Å². The third-order valence-corrected chi connectivity index (χ3v) is 1.92. The summed E-state index contributed by atoms with van der Waals surface area (Å²) >= 11 is 0. The van der Waals surface area contributed by atoms with E-state index in [1.165, 1.54) is 14.0 Å². The molecule has 4 heteroatoms. The van der Waals surface area contributed by atoms with Crippen LogP contribution in [0.4, 0.5) is 0 Å². The van der Waals surface area contributed by atoms with E-state index in [0.717, 1.165) is 0 Å². The molecule has 0 atom stereocenters. The van der Waals surface area contributed by atoms with Gasteiger partial charge in [-0.05, 0) is 12.8 Å². The molecule has 1 N–H and O–H groups in total. The van der Waals surface area contributed by atoms with Crippen molar-refractivity contribution in [2.24, 2.45) is 5.92 Å². The fraction of sp³-hybridized carbons (Fsp3) is 0.636. The van der Waals surface area contributed by atoms with E-state index in [2.05, 4.69) is 4.74 Å². The van der Waals surface area contributed by atoms with Gasteiger partial charge in [-0.2, -0.15) is 0 Å². The second-order valence-corrected chi connectivity index (χ2v) is 3.83. The molecule has 15 heavy (non-hydrogen) atoms. The van der Waals surface area contributed by atoms with Crippen molar-refractivity contribution in [2.45, 2.75) is 33.6 Å². The van der Waals surface area contributed by atoms with E-state index in [9.17, 15) is 14.7 Å². The maximum atomic E-state index is 11.2. The molecule has 0 saturated carbocycles. The van der Waals surface area contributed by atoms with E-state index in [0.29, 0.717) is 6.42 Å². The largest absolute Gasteiger partial charge is 0.512 e. The lowest BCUT2D eigenvalue weighted by molar-refractivity contribution is -0.140. The number of ether oxygens (including phenoxy) is 1. The van der Waals surface area contributed by atoms with Crippen LogP contribution in [-0.4, -0.2) is 24.0 Å². The van der Waals surface area contributed by atoms with Crippen LogP contribution in [0.3, 0.4) is 0 Å². The minimum absolute atomic E-state index is 0.0112. The molecule has 4 nitrogen and oxygen atoms in total. The second-order valence-electron chi connectivity index (χ2n) is 3.83. The number of allylic oxidation sites excluding steroid dienone is 1. The first kappa shape index (κ1) is 13.7. The van der Waals surface area contributed by atoms with Crippen molar-refractivity contribution in [3.8, 4) is 0 Å². The number of carbonyl (C=O) groups excluding carboxylic acids is 2. The van der Waals surface area contributed by atoms with E-state index in [4.69, 9.17) is 0 Å². The van der Waals surface area contributed by atoms with Crippen LogP contribution in [0.25, 0.3) is 0 Å². The van der Waals surface area contributed by atoms with Gasteiger partial charge >= 0.3 is 5.97 Å². The van der Waals surface area contributed by atoms with Crippen LogP contribution < -0.4 is 0 Å². The molecule has 0 aromatic rings. The van der Waals surface area contributed by atoms with Gasteiger partial charge in [-0.25, -0.2) is 0 Å². The van der Waals surface area contributed by atoms with Crippen LogP contribution in [0.1, 0.15) is 33.6 Å². The topological polar surface area (TPSA) is 63.6 Å². The van der Waals surface area contributed by atoms with Gasteiger partial charge in [0.05, 0.1) is 19.3 Å². The standard InChI is InChI=1S/C11H18O4/c1-7(2)5-10(13)9(8(3)12)6-11(14)15-4/h7,13H,5-6H2,1-4H3/b10-9-. The van der Waals surface area contributed by atoms with Crippen LogP contribution in [0.2, 0.25) is 0 Å². The highest BCUT2D eigenvalue weighted by Gasteiger charge is 2.16. The van der Waals surface area contributed by atoms with Crippen molar-refractivity contribution in [3.63, 3.8) is 0 Å². The van der Waals surface area contributed by atoms with E-state index >= 15 is 0 Å². The van der Waals surface area contributed by atoms with Crippen molar-refractivity contribution < 1.29 is 19.4 Å². The Hall–Kier alpha value is -1.32. The number of aliphatic hydroxyl groups excluding tert-OH is 1. The molecule has 0 aliphatic heterocycles. The fourth-order valence-electron chi connectivity index (χ4n) is 1.16. The number of ketones is 1. The average molecular weight is 214 g/mol. The van der Waals surface area contributed by atoms with E-state index in [-0.39, 0.29) is 29.5 Å².